The van der Waals surface area contributed by atoms with Gasteiger partial charge in [0, 0.05) is 35.5 Å². The van der Waals surface area contributed by atoms with Crippen molar-refractivity contribution in [2.75, 3.05) is 6.54 Å². The molecule has 0 bridgehead atoms. The number of carboxylic acids is 1. The van der Waals surface area contributed by atoms with E-state index in [1.807, 2.05) is 62.4 Å². The van der Waals surface area contributed by atoms with E-state index in [-0.39, 0.29) is 29.3 Å². The summed E-state index contributed by atoms with van der Waals surface area (Å²) in [6.07, 6.45) is 1.21. The topological polar surface area (TPSA) is 90.7 Å². The Balaban J connectivity index is 0.00000156. The van der Waals surface area contributed by atoms with Crippen LogP contribution in [0.1, 0.15) is 52.2 Å². The number of rotatable bonds is 5. The molecule has 7 heteroatoms. The van der Waals surface area contributed by atoms with Crippen molar-refractivity contribution in [3.05, 3.63) is 105 Å². The fraction of sp³-hybridized carbons (Fsp3) is 0.233. The van der Waals surface area contributed by atoms with Crippen LogP contribution >= 0.6 is 11.6 Å². The molecule has 0 radical (unpaired) electrons. The first-order valence-electron chi connectivity index (χ1n) is 12.4. The smallest absolute Gasteiger partial charge is 0.340 e. The molecule has 0 aliphatic carbocycles. The predicted molar refractivity (Wildman–Crippen MR) is 145 cm³/mol. The van der Waals surface area contributed by atoms with Gasteiger partial charge in [-0.05, 0) is 35.2 Å². The van der Waals surface area contributed by atoms with Crippen molar-refractivity contribution in [3.8, 4) is 5.75 Å². The number of carbonyl (C=O) groups is 2. The molecule has 0 spiro atoms. The van der Waals surface area contributed by atoms with Gasteiger partial charge >= 0.3 is 5.97 Å². The molecule has 0 saturated carbocycles. The second kappa shape index (κ2) is 11.4. The lowest BCUT2D eigenvalue weighted by Crippen LogP contribution is -2.37. The van der Waals surface area contributed by atoms with Crippen LogP contribution in [0.3, 0.4) is 0 Å². The second-order valence-corrected chi connectivity index (χ2v) is 9.15. The number of hydrogen-bond acceptors (Lipinski definition) is 4. The van der Waals surface area contributed by atoms with Gasteiger partial charge in [-0.3, -0.25) is 4.79 Å². The molecule has 0 atom stereocenters. The van der Waals surface area contributed by atoms with Crippen molar-refractivity contribution in [2.45, 2.75) is 39.7 Å². The lowest BCUT2D eigenvalue weighted by atomic mass is 9.93. The van der Waals surface area contributed by atoms with Crippen LogP contribution in [0.25, 0.3) is 10.9 Å². The molecule has 1 amide bonds. The number of aromatic carboxylic acids is 1. The maximum atomic E-state index is 13.0. The number of hydrogen-bond donors (Lipinski definition) is 2. The normalized spacial score (nSPS) is 12.5. The average molecular weight is 517 g/mol. The van der Waals surface area contributed by atoms with E-state index in [9.17, 15) is 19.8 Å². The van der Waals surface area contributed by atoms with E-state index in [0.717, 1.165) is 22.3 Å². The Morgan fingerprint density at radius 1 is 0.973 bits per heavy atom. The molecule has 1 aliphatic rings. The molecule has 4 aromatic rings. The van der Waals surface area contributed by atoms with Gasteiger partial charge < -0.3 is 15.1 Å². The molecule has 0 saturated heterocycles. The minimum absolute atomic E-state index is 0.0116. The van der Waals surface area contributed by atoms with Crippen LogP contribution in [0.5, 0.6) is 5.75 Å². The second-order valence-electron chi connectivity index (χ2n) is 8.72. The molecule has 1 aliphatic heterocycles. The Bertz CT molecular complexity index is 1440. The lowest BCUT2D eigenvalue weighted by Gasteiger charge is -2.30. The molecule has 190 valence electrons. The Morgan fingerprint density at radius 2 is 1.68 bits per heavy atom. The van der Waals surface area contributed by atoms with E-state index in [1.54, 1.807) is 23.1 Å². The van der Waals surface area contributed by atoms with Crippen LogP contribution < -0.4 is 0 Å². The van der Waals surface area contributed by atoms with Crippen LogP contribution in [0.15, 0.2) is 66.7 Å². The molecule has 2 heterocycles. The predicted octanol–water partition coefficient (Wildman–Crippen LogP) is 6.04. The molecule has 3 aromatic carbocycles. The number of amides is 1. The third-order valence-corrected chi connectivity index (χ3v) is 6.71. The maximum absolute atomic E-state index is 13.0. The SMILES string of the molecule is CC.O=C(O)c1c(O)c(Cc2ccc(Cl)cc2)nc2c3c(ccc12)CCN(C(=O)Cc1ccccc1)C3. The van der Waals surface area contributed by atoms with Gasteiger partial charge in [-0.25, -0.2) is 9.78 Å². The molecule has 2 N–H and O–H groups in total. The lowest BCUT2D eigenvalue weighted by molar-refractivity contribution is -0.131. The van der Waals surface area contributed by atoms with E-state index in [2.05, 4.69) is 0 Å². The van der Waals surface area contributed by atoms with Gasteiger partial charge in [-0.1, -0.05) is 80.0 Å². The molecule has 5 rings (SSSR count). The largest absolute Gasteiger partial charge is 0.505 e. The summed E-state index contributed by atoms with van der Waals surface area (Å²) in [5, 5.41) is 21.7. The summed E-state index contributed by atoms with van der Waals surface area (Å²) < 4.78 is 0. The van der Waals surface area contributed by atoms with Crippen molar-refractivity contribution in [1.29, 1.82) is 0 Å². The molecule has 0 fully saturated rings. The summed E-state index contributed by atoms with van der Waals surface area (Å²) in [7, 11) is 0. The zero-order valence-corrected chi connectivity index (χ0v) is 21.6. The number of pyridine rings is 1. The van der Waals surface area contributed by atoms with E-state index in [1.165, 1.54) is 0 Å². The average Bonchev–Trinajstić information content (AvgIpc) is 2.91. The van der Waals surface area contributed by atoms with Crippen LogP contribution in [0.4, 0.5) is 0 Å². The summed E-state index contributed by atoms with van der Waals surface area (Å²) in [4.78, 5) is 31.7. The Morgan fingerprint density at radius 3 is 2.35 bits per heavy atom. The number of nitrogens with zero attached hydrogens (tertiary/aromatic N) is 2. The fourth-order valence-corrected chi connectivity index (χ4v) is 4.76. The monoisotopic (exact) mass is 516 g/mol. The van der Waals surface area contributed by atoms with Crippen molar-refractivity contribution in [2.24, 2.45) is 0 Å². The molecule has 1 aromatic heterocycles. The van der Waals surface area contributed by atoms with Crippen LogP contribution in [-0.2, 0) is 30.6 Å². The van der Waals surface area contributed by atoms with Crippen molar-refractivity contribution >= 4 is 34.4 Å². The number of aromatic nitrogens is 1. The third-order valence-electron chi connectivity index (χ3n) is 6.46. The van der Waals surface area contributed by atoms with Crippen molar-refractivity contribution in [1.82, 2.24) is 9.88 Å². The van der Waals surface area contributed by atoms with Gasteiger partial charge in [0.25, 0.3) is 0 Å². The van der Waals surface area contributed by atoms with E-state index in [4.69, 9.17) is 16.6 Å². The highest BCUT2D eigenvalue weighted by Gasteiger charge is 2.27. The molecule has 37 heavy (non-hydrogen) atoms. The minimum Gasteiger partial charge on any atom is -0.505 e. The van der Waals surface area contributed by atoms with E-state index >= 15 is 0 Å². The highest BCUT2D eigenvalue weighted by atomic mass is 35.5. The Labute approximate surface area is 221 Å². The molecule has 0 unspecified atom stereocenters. The van der Waals surface area contributed by atoms with Crippen LogP contribution in [0, 0.1) is 0 Å². The molecular weight excluding hydrogens is 488 g/mol. The van der Waals surface area contributed by atoms with E-state index in [0.29, 0.717) is 41.9 Å². The summed E-state index contributed by atoms with van der Waals surface area (Å²) in [5.74, 6) is -1.55. The molecule has 6 nitrogen and oxygen atoms in total. The first kappa shape index (κ1) is 26.2. The first-order chi connectivity index (χ1) is 17.9. The van der Waals surface area contributed by atoms with Gasteiger partial charge in [-0.15, -0.1) is 0 Å². The Kier molecular flexibility index (Phi) is 8.09. The zero-order chi connectivity index (χ0) is 26.5. The van der Waals surface area contributed by atoms with Crippen molar-refractivity contribution < 1.29 is 19.8 Å². The standard InChI is InChI=1S/C28H23ClN2O4.C2H6/c29-20-9-6-18(7-10-20)14-23-27(33)25(28(34)35)21-11-8-19-12-13-31(16-22(19)26(21)30-23)24(32)15-17-4-2-1-3-5-17;1-2/h1-11,33H,12-16H2,(H,34,35);1-2H3. The maximum Gasteiger partial charge on any atom is 0.340 e. The zero-order valence-electron chi connectivity index (χ0n) is 20.9. The van der Waals surface area contributed by atoms with Gasteiger partial charge in [0.15, 0.2) is 5.75 Å². The van der Waals surface area contributed by atoms with E-state index < -0.39 is 5.97 Å². The summed E-state index contributed by atoms with van der Waals surface area (Å²) in [6.45, 7) is 4.93. The van der Waals surface area contributed by atoms with Gasteiger partial charge in [0.2, 0.25) is 5.91 Å². The number of carboxylic acid groups (broad SMARTS) is 1. The summed E-state index contributed by atoms with van der Waals surface area (Å²) >= 11 is 5.99. The van der Waals surface area contributed by atoms with Crippen molar-refractivity contribution in [3.63, 3.8) is 0 Å². The molecular formula is C30H29ClN2O4. The van der Waals surface area contributed by atoms with Gasteiger partial charge in [0.1, 0.15) is 5.56 Å². The first-order valence-corrected chi connectivity index (χ1v) is 12.7. The van der Waals surface area contributed by atoms with Crippen LogP contribution in [-0.4, -0.2) is 38.5 Å². The highest BCUT2D eigenvalue weighted by molar-refractivity contribution is 6.30. The number of aromatic hydroxyl groups is 1. The number of fused-ring (bicyclic) bond motifs is 3. The number of halogens is 1. The number of benzene rings is 3. The Hall–Kier alpha value is -3.90. The quantitative estimate of drug-likeness (QED) is 0.337. The van der Waals surface area contributed by atoms with Gasteiger partial charge in [0.05, 0.1) is 17.6 Å². The summed E-state index contributed by atoms with van der Waals surface area (Å²) in [6, 6.07) is 20.3. The summed E-state index contributed by atoms with van der Waals surface area (Å²) in [5.41, 5.74) is 4.27. The number of carbonyl (C=O) groups excluding carboxylic acids is 1. The van der Waals surface area contributed by atoms with Gasteiger partial charge in [-0.2, -0.15) is 0 Å². The third kappa shape index (κ3) is 5.59. The minimum atomic E-state index is -1.22. The fourth-order valence-electron chi connectivity index (χ4n) is 4.63. The van der Waals surface area contributed by atoms with Crippen LogP contribution in [0.2, 0.25) is 5.02 Å². The highest BCUT2D eigenvalue weighted by Crippen LogP contribution is 2.35.